The number of hydrogen-bond acceptors (Lipinski definition) is 3. The van der Waals surface area contributed by atoms with Crippen molar-refractivity contribution in [2.75, 3.05) is 26.4 Å². The molecule has 0 bridgehead atoms. The number of nitrogens with zero attached hydrogens (tertiary/aromatic N) is 1. The van der Waals surface area contributed by atoms with Crippen molar-refractivity contribution in [2.45, 2.75) is 70.8 Å². The van der Waals surface area contributed by atoms with Crippen LogP contribution >= 0.6 is 0 Å². The Bertz CT molecular complexity index is 541. The summed E-state index contributed by atoms with van der Waals surface area (Å²) >= 11 is 0. The van der Waals surface area contributed by atoms with Gasteiger partial charge < -0.3 is 14.7 Å². The molecule has 1 fully saturated rings. The van der Waals surface area contributed by atoms with E-state index in [0.29, 0.717) is 11.6 Å². The van der Waals surface area contributed by atoms with Crippen LogP contribution in [0.5, 0.6) is 0 Å². The summed E-state index contributed by atoms with van der Waals surface area (Å²) in [6.07, 6.45) is 4.28. The van der Waals surface area contributed by atoms with Gasteiger partial charge in [-0.3, -0.25) is 0 Å². The second-order valence-corrected chi connectivity index (χ2v) is 14.8. The minimum Gasteiger partial charge on any atom is -0.393 e. The third kappa shape index (κ3) is 5.65. The van der Waals surface area contributed by atoms with E-state index in [0.717, 1.165) is 13.0 Å². The Morgan fingerprint density at radius 1 is 1.23 bits per heavy atom. The Morgan fingerprint density at radius 3 is 2.46 bits per heavy atom. The van der Waals surface area contributed by atoms with E-state index in [-0.39, 0.29) is 11.5 Å². The van der Waals surface area contributed by atoms with E-state index in [9.17, 15) is 5.11 Å². The lowest BCUT2D eigenvalue weighted by atomic mass is 9.85. The number of hydrogen-bond donors (Lipinski definition) is 1. The maximum atomic E-state index is 10.9. The smallest absolute Gasteiger partial charge is 0.0705 e. The molecular formula is C22H39NO2Si. The summed E-state index contributed by atoms with van der Waals surface area (Å²) in [6.45, 7) is 13.5. The van der Waals surface area contributed by atoms with Crippen molar-refractivity contribution in [1.82, 2.24) is 4.90 Å². The first-order valence-corrected chi connectivity index (χ1v) is 13.4. The van der Waals surface area contributed by atoms with Gasteiger partial charge in [0.2, 0.25) is 0 Å². The zero-order valence-corrected chi connectivity index (χ0v) is 18.7. The lowest BCUT2D eigenvalue weighted by Crippen LogP contribution is -2.51. The van der Waals surface area contributed by atoms with Gasteiger partial charge in [0.1, 0.15) is 0 Å². The molecule has 0 spiro atoms. The first-order valence-electron chi connectivity index (χ1n) is 10.1. The van der Waals surface area contributed by atoms with Crippen LogP contribution in [-0.4, -0.2) is 56.7 Å². The third-order valence-corrected chi connectivity index (χ3v) is 9.75. The molecule has 1 aromatic rings. The molecule has 1 saturated heterocycles. The third-order valence-electron chi connectivity index (χ3n) is 6.07. The number of rotatable bonds is 8. The van der Waals surface area contributed by atoms with Crippen LogP contribution in [0, 0.1) is 5.41 Å². The Labute approximate surface area is 161 Å². The first kappa shape index (κ1) is 21.6. The molecule has 1 aliphatic rings. The molecule has 0 unspecified atom stereocenters. The van der Waals surface area contributed by atoms with Crippen LogP contribution in [0.25, 0.3) is 0 Å². The molecule has 0 amide bonds. The zero-order chi connectivity index (χ0) is 19.4. The van der Waals surface area contributed by atoms with Crippen molar-refractivity contribution in [2.24, 2.45) is 5.41 Å². The molecule has 4 heteroatoms. The van der Waals surface area contributed by atoms with Crippen molar-refractivity contribution in [1.29, 1.82) is 0 Å². The molecule has 0 aliphatic carbocycles. The molecular weight excluding hydrogens is 338 g/mol. The van der Waals surface area contributed by atoms with Gasteiger partial charge >= 0.3 is 0 Å². The van der Waals surface area contributed by atoms with Crippen LogP contribution in [0.4, 0.5) is 0 Å². The number of ether oxygens (including phenoxy) is 1. The molecule has 0 aromatic heterocycles. The molecule has 0 saturated carbocycles. The fourth-order valence-corrected chi connectivity index (χ4v) is 7.93. The van der Waals surface area contributed by atoms with Gasteiger partial charge in [0.15, 0.2) is 0 Å². The molecule has 2 rings (SSSR count). The summed E-state index contributed by atoms with van der Waals surface area (Å²) in [7, 11) is 0.170. The molecule has 1 heterocycles. The van der Waals surface area contributed by atoms with Gasteiger partial charge in [-0.05, 0) is 48.5 Å². The maximum absolute atomic E-state index is 10.9. The molecule has 3 atom stereocenters. The fourth-order valence-electron chi connectivity index (χ4n) is 4.29. The lowest BCUT2D eigenvalue weighted by molar-refractivity contribution is 0.0538. The van der Waals surface area contributed by atoms with Gasteiger partial charge in [0, 0.05) is 13.2 Å². The van der Waals surface area contributed by atoms with E-state index in [1.165, 1.54) is 31.1 Å². The van der Waals surface area contributed by atoms with E-state index < -0.39 is 8.07 Å². The number of aliphatic hydroxyl groups is 1. The molecule has 1 aromatic carbocycles. The largest absolute Gasteiger partial charge is 0.393 e. The van der Waals surface area contributed by atoms with Crippen molar-refractivity contribution >= 4 is 8.07 Å². The number of benzene rings is 1. The summed E-state index contributed by atoms with van der Waals surface area (Å²) in [6, 6.07) is 11.4. The Kier molecular flexibility index (Phi) is 7.49. The van der Waals surface area contributed by atoms with Crippen molar-refractivity contribution in [3.8, 4) is 0 Å². The second-order valence-electron chi connectivity index (χ2n) is 9.79. The predicted molar refractivity (Wildman–Crippen MR) is 113 cm³/mol. The summed E-state index contributed by atoms with van der Waals surface area (Å²) in [5.74, 6) is 0. The van der Waals surface area contributed by atoms with Crippen molar-refractivity contribution in [3.05, 3.63) is 35.9 Å². The highest BCUT2D eigenvalue weighted by atomic mass is 28.3. The van der Waals surface area contributed by atoms with Gasteiger partial charge in [0.25, 0.3) is 0 Å². The van der Waals surface area contributed by atoms with Crippen LogP contribution in [0.15, 0.2) is 30.3 Å². The molecule has 26 heavy (non-hydrogen) atoms. The van der Waals surface area contributed by atoms with E-state index in [1.807, 2.05) is 7.11 Å². The zero-order valence-electron chi connectivity index (χ0n) is 17.7. The van der Waals surface area contributed by atoms with Crippen LogP contribution in [-0.2, 0) is 4.74 Å². The van der Waals surface area contributed by atoms with Crippen LogP contribution in [0.3, 0.4) is 0 Å². The minimum atomic E-state index is -1.64. The topological polar surface area (TPSA) is 32.7 Å². The SMILES string of the molecule is COC[C@@H]1CCCN1C[Si](C)(C)[C@@H](C[C@@H](O)C(C)(C)C)c1ccccc1. The summed E-state index contributed by atoms with van der Waals surface area (Å²) in [5.41, 5.74) is 1.78. The van der Waals surface area contributed by atoms with Crippen molar-refractivity contribution in [3.63, 3.8) is 0 Å². The Morgan fingerprint density at radius 2 is 1.88 bits per heavy atom. The highest BCUT2D eigenvalue weighted by molar-refractivity contribution is 6.79. The van der Waals surface area contributed by atoms with E-state index in [4.69, 9.17) is 4.74 Å². The standard InChI is InChI=1S/C22H39NO2Si/c1-22(2,3)21(24)15-20(18-11-8-7-9-12-18)26(5,6)17-23-14-10-13-19(23)16-25-4/h7-9,11-12,19-21,24H,10,13-17H2,1-6H3/t19-,20-,21+/m0/s1. The monoisotopic (exact) mass is 377 g/mol. The summed E-state index contributed by atoms with van der Waals surface area (Å²) in [5, 5.41) is 10.9. The van der Waals surface area contributed by atoms with E-state index in [2.05, 4.69) is 69.1 Å². The fraction of sp³-hybridized carbons (Fsp3) is 0.727. The number of methoxy groups -OCH3 is 1. The minimum absolute atomic E-state index is 0.0796. The molecule has 0 radical (unpaired) electrons. The van der Waals surface area contributed by atoms with Gasteiger partial charge in [-0.25, -0.2) is 0 Å². The van der Waals surface area contributed by atoms with Gasteiger partial charge in [0.05, 0.1) is 20.8 Å². The lowest BCUT2D eigenvalue weighted by Gasteiger charge is -2.40. The highest BCUT2D eigenvalue weighted by Gasteiger charge is 2.40. The van der Waals surface area contributed by atoms with E-state index >= 15 is 0 Å². The Hall–Kier alpha value is -0.683. The van der Waals surface area contributed by atoms with Gasteiger partial charge in [-0.1, -0.05) is 64.2 Å². The van der Waals surface area contributed by atoms with E-state index in [1.54, 1.807) is 0 Å². The maximum Gasteiger partial charge on any atom is 0.0705 e. The summed E-state index contributed by atoms with van der Waals surface area (Å²) < 4.78 is 5.46. The Balaban J connectivity index is 2.22. The number of likely N-dealkylation sites (tertiary alicyclic amines) is 1. The van der Waals surface area contributed by atoms with Gasteiger partial charge in [-0.2, -0.15) is 0 Å². The van der Waals surface area contributed by atoms with Crippen molar-refractivity contribution < 1.29 is 9.84 Å². The molecule has 148 valence electrons. The number of aliphatic hydroxyl groups excluding tert-OH is 1. The van der Waals surface area contributed by atoms with Crippen LogP contribution < -0.4 is 0 Å². The second kappa shape index (κ2) is 9.00. The quantitative estimate of drug-likeness (QED) is 0.679. The molecule has 1 N–H and O–H groups in total. The van der Waals surface area contributed by atoms with Gasteiger partial charge in [-0.15, -0.1) is 0 Å². The van der Waals surface area contributed by atoms with Crippen LogP contribution in [0.1, 0.15) is 51.1 Å². The average molecular weight is 378 g/mol. The normalized spacial score (nSPS) is 21.7. The van der Waals surface area contributed by atoms with Crippen LogP contribution in [0.2, 0.25) is 13.1 Å². The average Bonchev–Trinajstić information content (AvgIpc) is 2.98. The summed E-state index contributed by atoms with van der Waals surface area (Å²) in [4.78, 5) is 2.66. The highest BCUT2D eigenvalue weighted by Crippen LogP contribution is 2.37. The molecule has 1 aliphatic heterocycles. The first-order chi connectivity index (χ1) is 12.1. The molecule has 3 nitrogen and oxygen atoms in total. The predicted octanol–water partition coefficient (Wildman–Crippen LogP) is 4.46.